The second-order valence-corrected chi connectivity index (χ2v) is 6.38. The lowest BCUT2D eigenvalue weighted by Gasteiger charge is -2.12. The van der Waals surface area contributed by atoms with Crippen molar-refractivity contribution in [2.45, 2.75) is 33.7 Å². The van der Waals surface area contributed by atoms with E-state index in [0.717, 1.165) is 27.4 Å². The van der Waals surface area contributed by atoms with Crippen LogP contribution in [-0.4, -0.2) is 18.0 Å². The summed E-state index contributed by atoms with van der Waals surface area (Å²) in [5.74, 6) is 0.848. The van der Waals surface area contributed by atoms with Gasteiger partial charge in [0, 0.05) is 27.1 Å². The van der Waals surface area contributed by atoms with E-state index in [1.165, 1.54) is 4.88 Å². The fourth-order valence-corrected chi connectivity index (χ4v) is 3.12. The van der Waals surface area contributed by atoms with Gasteiger partial charge in [-0.2, -0.15) is 0 Å². The maximum absolute atomic E-state index is 12.0. The first kappa shape index (κ1) is 15.5. The molecule has 0 aromatic carbocycles. The molecule has 0 saturated carbocycles. The van der Waals surface area contributed by atoms with Crippen molar-refractivity contribution >= 4 is 17.2 Å². The number of thiophene rings is 1. The van der Waals surface area contributed by atoms with Crippen molar-refractivity contribution in [3.05, 3.63) is 44.9 Å². The van der Waals surface area contributed by atoms with Crippen molar-refractivity contribution in [3.63, 3.8) is 0 Å². The van der Waals surface area contributed by atoms with Crippen LogP contribution in [0.25, 0.3) is 0 Å². The lowest BCUT2D eigenvalue weighted by Crippen LogP contribution is -2.25. The van der Waals surface area contributed by atoms with E-state index in [1.54, 1.807) is 24.6 Å². The van der Waals surface area contributed by atoms with Crippen LogP contribution in [0.15, 0.2) is 18.3 Å². The van der Waals surface area contributed by atoms with E-state index in [9.17, 15) is 4.79 Å². The van der Waals surface area contributed by atoms with Crippen LogP contribution in [0.4, 0.5) is 0 Å². The van der Waals surface area contributed by atoms with Crippen molar-refractivity contribution in [1.82, 2.24) is 10.3 Å². The molecule has 2 aromatic rings. The van der Waals surface area contributed by atoms with Gasteiger partial charge in [-0.05, 0) is 32.9 Å². The fourth-order valence-electron chi connectivity index (χ4n) is 2.23. The van der Waals surface area contributed by atoms with Gasteiger partial charge in [-0.25, -0.2) is 0 Å². The molecule has 1 amide bonds. The van der Waals surface area contributed by atoms with Gasteiger partial charge in [0.1, 0.15) is 5.75 Å². The Morgan fingerprint density at radius 1 is 1.33 bits per heavy atom. The third kappa shape index (κ3) is 3.82. The standard InChI is InChI=1S/C16H20N2O2S/c1-10-8-17-14(12(3)16(10)20-4)9-18-15(19)7-13-6-5-11(2)21-13/h5-6,8H,7,9H2,1-4H3,(H,18,19). The van der Waals surface area contributed by atoms with Gasteiger partial charge in [0.2, 0.25) is 5.91 Å². The highest BCUT2D eigenvalue weighted by molar-refractivity contribution is 7.12. The van der Waals surface area contributed by atoms with Gasteiger partial charge < -0.3 is 10.1 Å². The van der Waals surface area contributed by atoms with Crippen molar-refractivity contribution in [1.29, 1.82) is 0 Å². The number of carbonyl (C=O) groups is 1. The number of aryl methyl sites for hydroxylation is 2. The molecule has 4 nitrogen and oxygen atoms in total. The van der Waals surface area contributed by atoms with Crippen LogP contribution in [0.5, 0.6) is 5.75 Å². The summed E-state index contributed by atoms with van der Waals surface area (Å²) in [5, 5.41) is 2.92. The molecular formula is C16H20N2O2S. The van der Waals surface area contributed by atoms with Crippen LogP contribution < -0.4 is 10.1 Å². The van der Waals surface area contributed by atoms with Crippen LogP contribution >= 0.6 is 11.3 Å². The van der Waals surface area contributed by atoms with Gasteiger partial charge in [-0.15, -0.1) is 11.3 Å². The number of hydrogen-bond donors (Lipinski definition) is 1. The van der Waals surface area contributed by atoms with Crippen molar-refractivity contribution < 1.29 is 9.53 Å². The second kappa shape index (κ2) is 6.72. The maximum atomic E-state index is 12.0. The third-order valence-electron chi connectivity index (χ3n) is 3.33. The van der Waals surface area contributed by atoms with Gasteiger partial charge in [0.05, 0.1) is 25.8 Å². The molecule has 2 heterocycles. The molecule has 0 spiro atoms. The number of nitrogens with zero attached hydrogens (tertiary/aromatic N) is 1. The van der Waals surface area contributed by atoms with E-state index < -0.39 is 0 Å². The molecule has 112 valence electrons. The number of ether oxygens (including phenoxy) is 1. The van der Waals surface area contributed by atoms with Crippen LogP contribution in [0.2, 0.25) is 0 Å². The SMILES string of the molecule is COc1c(C)cnc(CNC(=O)Cc2ccc(C)s2)c1C. The van der Waals surface area contributed by atoms with E-state index in [4.69, 9.17) is 4.74 Å². The maximum Gasteiger partial charge on any atom is 0.225 e. The zero-order valence-electron chi connectivity index (χ0n) is 12.8. The summed E-state index contributed by atoms with van der Waals surface area (Å²) in [4.78, 5) is 18.6. The summed E-state index contributed by atoms with van der Waals surface area (Å²) in [5.41, 5.74) is 2.82. The number of aromatic nitrogens is 1. The number of pyridine rings is 1. The first-order valence-corrected chi connectivity index (χ1v) is 7.64. The molecule has 2 rings (SSSR count). The summed E-state index contributed by atoms with van der Waals surface area (Å²) in [6, 6.07) is 4.03. The number of methoxy groups -OCH3 is 1. The first-order valence-electron chi connectivity index (χ1n) is 6.82. The lowest BCUT2D eigenvalue weighted by atomic mass is 10.1. The Labute approximate surface area is 129 Å². The average molecular weight is 304 g/mol. The molecule has 21 heavy (non-hydrogen) atoms. The Hall–Kier alpha value is -1.88. The first-order chi connectivity index (χ1) is 10.0. The Bertz CT molecular complexity index is 650. The quantitative estimate of drug-likeness (QED) is 0.924. The van der Waals surface area contributed by atoms with Crippen molar-refractivity contribution in [2.75, 3.05) is 7.11 Å². The number of carbonyl (C=O) groups excluding carboxylic acids is 1. The fraction of sp³-hybridized carbons (Fsp3) is 0.375. The summed E-state index contributed by atoms with van der Waals surface area (Å²) in [7, 11) is 1.65. The lowest BCUT2D eigenvalue weighted by molar-refractivity contribution is -0.120. The van der Waals surface area contributed by atoms with Crippen LogP contribution in [0, 0.1) is 20.8 Å². The molecular weight excluding hydrogens is 284 g/mol. The molecule has 0 bridgehead atoms. The number of nitrogens with one attached hydrogen (secondary N) is 1. The van der Waals surface area contributed by atoms with Gasteiger partial charge in [-0.1, -0.05) is 0 Å². The number of rotatable bonds is 5. The monoisotopic (exact) mass is 304 g/mol. The topological polar surface area (TPSA) is 51.2 Å². The second-order valence-electron chi connectivity index (χ2n) is 5.01. The zero-order valence-corrected chi connectivity index (χ0v) is 13.6. The van der Waals surface area contributed by atoms with Gasteiger partial charge in [0.25, 0.3) is 0 Å². The normalized spacial score (nSPS) is 10.5. The molecule has 0 aliphatic carbocycles. The van der Waals surface area contributed by atoms with Gasteiger partial charge in [-0.3, -0.25) is 9.78 Å². The molecule has 0 fully saturated rings. The summed E-state index contributed by atoms with van der Waals surface area (Å²) in [6.07, 6.45) is 2.19. The van der Waals surface area contributed by atoms with E-state index >= 15 is 0 Å². The summed E-state index contributed by atoms with van der Waals surface area (Å²) >= 11 is 1.65. The number of hydrogen-bond acceptors (Lipinski definition) is 4. The van der Waals surface area contributed by atoms with Crippen LogP contribution in [0.3, 0.4) is 0 Å². The number of amides is 1. The Balaban J connectivity index is 1.98. The molecule has 0 unspecified atom stereocenters. The van der Waals surface area contributed by atoms with E-state index in [1.807, 2.05) is 32.9 Å². The molecule has 0 atom stereocenters. The highest BCUT2D eigenvalue weighted by Crippen LogP contribution is 2.23. The zero-order chi connectivity index (χ0) is 15.4. The summed E-state index contributed by atoms with van der Waals surface area (Å²) < 4.78 is 5.37. The van der Waals surface area contributed by atoms with Crippen LogP contribution in [0.1, 0.15) is 26.6 Å². The average Bonchev–Trinajstić information content (AvgIpc) is 2.84. The van der Waals surface area contributed by atoms with E-state index in [-0.39, 0.29) is 5.91 Å². The van der Waals surface area contributed by atoms with Crippen molar-refractivity contribution in [2.24, 2.45) is 0 Å². The molecule has 0 radical (unpaired) electrons. The van der Waals surface area contributed by atoms with Crippen molar-refractivity contribution in [3.8, 4) is 5.75 Å². The third-order valence-corrected chi connectivity index (χ3v) is 4.33. The molecule has 2 aromatic heterocycles. The van der Waals surface area contributed by atoms with Gasteiger partial charge >= 0.3 is 0 Å². The van der Waals surface area contributed by atoms with Crippen LogP contribution in [-0.2, 0) is 17.8 Å². The van der Waals surface area contributed by atoms with Gasteiger partial charge in [0.15, 0.2) is 0 Å². The molecule has 1 N–H and O–H groups in total. The highest BCUT2D eigenvalue weighted by atomic mass is 32.1. The Kier molecular flexibility index (Phi) is 4.96. The predicted molar refractivity (Wildman–Crippen MR) is 84.9 cm³/mol. The van der Waals surface area contributed by atoms with E-state index in [2.05, 4.69) is 10.3 Å². The molecule has 0 aliphatic heterocycles. The minimum absolute atomic E-state index is 0.0117. The smallest absolute Gasteiger partial charge is 0.225 e. The van der Waals surface area contributed by atoms with E-state index in [0.29, 0.717) is 13.0 Å². The molecule has 5 heteroatoms. The molecule has 0 saturated heterocycles. The predicted octanol–water partition coefficient (Wildman–Crippen LogP) is 2.94. The molecule has 0 aliphatic rings. The highest BCUT2D eigenvalue weighted by Gasteiger charge is 2.11. The minimum atomic E-state index is 0.0117. The Morgan fingerprint density at radius 2 is 2.10 bits per heavy atom. The largest absolute Gasteiger partial charge is 0.496 e. The minimum Gasteiger partial charge on any atom is -0.496 e. The Morgan fingerprint density at radius 3 is 2.71 bits per heavy atom. The summed E-state index contributed by atoms with van der Waals surface area (Å²) in [6.45, 7) is 6.38.